The van der Waals surface area contributed by atoms with Crippen molar-refractivity contribution in [1.29, 1.82) is 0 Å². The zero-order valence-corrected chi connectivity index (χ0v) is 14.6. The molecule has 3 heterocycles. The Labute approximate surface area is 145 Å². The number of hydrogen-bond acceptors (Lipinski definition) is 5. The molecule has 128 valence electrons. The van der Waals surface area contributed by atoms with Crippen molar-refractivity contribution in [2.75, 3.05) is 25.0 Å². The summed E-state index contributed by atoms with van der Waals surface area (Å²) in [7, 11) is -3.37. The molecule has 7 nitrogen and oxygen atoms in total. The molecule has 0 aromatic carbocycles. The first-order valence-corrected chi connectivity index (χ1v) is 9.89. The Hall–Kier alpha value is -1.97. The molecule has 24 heavy (non-hydrogen) atoms. The molecule has 3 rings (SSSR count). The second-order valence-electron chi connectivity index (χ2n) is 5.52. The second kappa shape index (κ2) is 7.29. The zero-order chi connectivity index (χ0) is 17.0. The van der Waals surface area contributed by atoms with Gasteiger partial charge in [-0.15, -0.1) is 11.3 Å². The number of sulfonamides is 1. The van der Waals surface area contributed by atoms with Crippen LogP contribution < -0.4 is 11.1 Å². The largest absolute Gasteiger partial charge is 0.370 e. The van der Waals surface area contributed by atoms with Gasteiger partial charge in [0, 0.05) is 25.8 Å². The Morgan fingerprint density at radius 2 is 2.29 bits per heavy atom. The molecule has 0 amide bonds. The number of hydrogen-bond donors (Lipinski definition) is 2. The van der Waals surface area contributed by atoms with Crippen molar-refractivity contribution in [3.05, 3.63) is 41.9 Å². The summed E-state index contributed by atoms with van der Waals surface area (Å²) >= 11 is 1.24. The van der Waals surface area contributed by atoms with Crippen LogP contribution in [0.15, 0.2) is 51.1 Å². The lowest BCUT2D eigenvalue weighted by molar-refractivity contribution is 0.461. The summed E-state index contributed by atoms with van der Waals surface area (Å²) in [4.78, 5) is 8.42. The Bertz CT molecular complexity index is 791. The number of anilines is 1. The highest BCUT2D eigenvalue weighted by Crippen LogP contribution is 2.26. The molecule has 0 aliphatic carbocycles. The van der Waals surface area contributed by atoms with E-state index in [1.165, 1.54) is 15.6 Å². The molecular formula is C15H19N5O2S2. The molecule has 1 aliphatic heterocycles. The lowest BCUT2D eigenvalue weighted by Crippen LogP contribution is -2.29. The summed E-state index contributed by atoms with van der Waals surface area (Å²) in [5, 5.41) is 4.69. The van der Waals surface area contributed by atoms with Crippen molar-refractivity contribution in [3.63, 3.8) is 0 Å². The fourth-order valence-corrected chi connectivity index (χ4v) is 5.21. The number of aliphatic imine (C=N–C) groups is 1. The van der Waals surface area contributed by atoms with Crippen LogP contribution in [0.25, 0.3) is 0 Å². The highest BCUT2D eigenvalue weighted by molar-refractivity contribution is 7.91. The first-order valence-electron chi connectivity index (χ1n) is 7.57. The lowest BCUT2D eigenvalue weighted by Gasteiger charge is -2.14. The van der Waals surface area contributed by atoms with Gasteiger partial charge in [-0.3, -0.25) is 4.99 Å². The number of nitrogens with zero attached hydrogens (tertiary/aromatic N) is 3. The van der Waals surface area contributed by atoms with Crippen LogP contribution in [-0.2, 0) is 10.0 Å². The topological polar surface area (TPSA) is 101 Å². The Morgan fingerprint density at radius 1 is 1.42 bits per heavy atom. The summed E-state index contributed by atoms with van der Waals surface area (Å²) in [5.74, 6) is 1.09. The minimum atomic E-state index is -3.37. The van der Waals surface area contributed by atoms with E-state index in [1.54, 1.807) is 29.8 Å². The third-order valence-corrected chi connectivity index (χ3v) is 7.02. The van der Waals surface area contributed by atoms with E-state index in [1.807, 2.05) is 12.1 Å². The van der Waals surface area contributed by atoms with E-state index in [-0.39, 0.29) is 11.9 Å². The number of rotatable bonds is 5. The van der Waals surface area contributed by atoms with Gasteiger partial charge in [-0.25, -0.2) is 13.4 Å². The van der Waals surface area contributed by atoms with E-state index in [9.17, 15) is 8.42 Å². The maximum absolute atomic E-state index is 12.5. The van der Waals surface area contributed by atoms with E-state index in [2.05, 4.69) is 15.3 Å². The van der Waals surface area contributed by atoms with Gasteiger partial charge in [-0.1, -0.05) is 12.1 Å². The number of guanidine groups is 1. The first kappa shape index (κ1) is 16.9. The molecule has 1 atom stereocenters. The normalized spacial score (nSPS) is 19.5. The van der Waals surface area contributed by atoms with Crippen molar-refractivity contribution in [1.82, 2.24) is 9.29 Å². The predicted octanol–water partition coefficient (Wildman–Crippen LogP) is 1.58. The minimum Gasteiger partial charge on any atom is -0.370 e. The van der Waals surface area contributed by atoms with Crippen molar-refractivity contribution >= 4 is 33.1 Å². The molecule has 2 aromatic rings. The SMILES string of the molecule is NC(=NCC1CCN(S(=O)(=O)c2cccs2)C1)Nc1ccccn1. The van der Waals surface area contributed by atoms with Crippen LogP contribution in [0.1, 0.15) is 6.42 Å². The summed E-state index contributed by atoms with van der Waals surface area (Å²) in [5.41, 5.74) is 5.85. The summed E-state index contributed by atoms with van der Waals surface area (Å²) < 4.78 is 26.9. The van der Waals surface area contributed by atoms with E-state index in [0.717, 1.165) is 6.42 Å². The number of nitrogens with one attached hydrogen (secondary N) is 1. The van der Waals surface area contributed by atoms with E-state index in [0.29, 0.717) is 29.7 Å². The van der Waals surface area contributed by atoms with Gasteiger partial charge in [0.25, 0.3) is 10.0 Å². The highest BCUT2D eigenvalue weighted by Gasteiger charge is 2.32. The molecule has 1 saturated heterocycles. The molecular weight excluding hydrogens is 346 g/mol. The lowest BCUT2D eigenvalue weighted by atomic mass is 10.1. The van der Waals surface area contributed by atoms with Crippen LogP contribution in [0.4, 0.5) is 5.82 Å². The molecule has 0 saturated carbocycles. The van der Waals surface area contributed by atoms with Gasteiger partial charge in [-0.2, -0.15) is 4.31 Å². The van der Waals surface area contributed by atoms with Crippen LogP contribution in [0.5, 0.6) is 0 Å². The number of aromatic nitrogens is 1. The molecule has 9 heteroatoms. The van der Waals surface area contributed by atoms with Gasteiger partial charge < -0.3 is 11.1 Å². The Kier molecular flexibility index (Phi) is 5.12. The van der Waals surface area contributed by atoms with Crippen LogP contribution in [0, 0.1) is 5.92 Å². The second-order valence-corrected chi connectivity index (χ2v) is 8.63. The zero-order valence-electron chi connectivity index (χ0n) is 13.0. The maximum Gasteiger partial charge on any atom is 0.252 e. The van der Waals surface area contributed by atoms with Crippen LogP contribution in [0.2, 0.25) is 0 Å². The monoisotopic (exact) mass is 365 g/mol. The van der Waals surface area contributed by atoms with Crippen molar-refractivity contribution in [2.24, 2.45) is 16.6 Å². The van der Waals surface area contributed by atoms with Crippen molar-refractivity contribution in [3.8, 4) is 0 Å². The van der Waals surface area contributed by atoms with E-state index in [4.69, 9.17) is 5.73 Å². The van der Waals surface area contributed by atoms with Crippen molar-refractivity contribution < 1.29 is 8.42 Å². The van der Waals surface area contributed by atoms with Gasteiger partial charge in [-0.05, 0) is 35.9 Å². The van der Waals surface area contributed by atoms with Crippen LogP contribution in [-0.4, -0.2) is 43.3 Å². The quantitative estimate of drug-likeness (QED) is 0.619. The fourth-order valence-electron chi connectivity index (χ4n) is 2.54. The minimum absolute atomic E-state index is 0.170. The fraction of sp³-hybridized carbons (Fsp3) is 0.333. The molecule has 1 unspecified atom stereocenters. The first-order chi connectivity index (χ1) is 11.6. The van der Waals surface area contributed by atoms with Crippen molar-refractivity contribution in [2.45, 2.75) is 10.6 Å². The average Bonchev–Trinajstić information content (AvgIpc) is 3.26. The van der Waals surface area contributed by atoms with Gasteiger partial charge in [0.05, 0.1) is 0 Å². The van der Waals surface area contributed by atoms with E-state index >= 15 is 0 Å². The van der Waals surface area contributed by atoms with Gasteiger partial charge in [0.2, 0.25) is 0 Å². The van der Waals surface area contributed by atoms with Gasteiger partial charge in [0.15, 0.2) is 5.96 Å². The van der Waals surface area contributed by atoms with Crippen LogP contribution >= 0.6 is 11.3 Å². The molecule has 2 aromatic heterocycles. The average molecular weight is 365 g/mol. The predicted molar refractivity (Wildman–Crippen MR) is 95.5 cm³/mol. The summed E-state index contributed by atoms with van der Waals surface area (Å²) in [6.07, 6.45) is 2.45. The number of nitrogens with two attached hydrogens (primary N) is 1. The highest BCUT2D eigenvalue weighted by atomic mass is 32.2. The molecule has 1 fully saturated rings. The molecule has 3 N–H and O–H groups in total. The maximum atomic E-state index is 12.5. The Balaban J connectivity index is 1.56. The smallest absolute Gasteiger partial charge is 0.252 e. The third-order valence-electron chi connectivity index (χ3n) is 3.78. The summed E-state index contributed by atoms with van der Waals surface area (Å²) in [6, 6.07) is 8.86. The molecule has 1 aliphatic rings. The van der Waals surface area contributed by atoms with Crippen LogP contribution in [0.3, 0.4) is 0 Å². The number of thiophene rings is 1. The number of pyridine rings is 1. The third kappa shape index (κ3) is 3.92. The standard InChI is InChI=1S/C15H19N5O2S2/c16-15(19-13-4-1-2-7-17-13)18-10-12-6-8-20(11-12)24(21,22)14-5-3-9-23-14/h1-5,7,9,12H,6,8,10-11H2,(H3,16,17,18,19). The summed E-state index contributed by atoms with van der Waals surface area (Å²) in [6.45, 7) is 1.48. The molecule has 0 radical (unpaired) electrons. The molecule has 0 bridgehead atoms. The van der Waals surface area contributed by atoms with E-state index < -0.39 is 10.0 Å². The van der Waals surface area contributed by atoms with Gasteiger partial charge in [0.1, 0.15) is 10.0 Å². The Morgan fingerprint density at radius 3 is 3.00 bits per heavy atom. The molecule has 0 spiro atoms. The van der Waals surface area contributed by atoms with Gasteiger partial charge >= 0.3 is 0 Å².